The van der Waals surface area contributed by atoms with Crippen LogP contribution in [0.2, 0.25) is 0 Å². The normalized spacial score (nSPS) is 21.9. The van der Waals surface area contributed by atoms with Crippen LogP contribution >= 0.6 is 0 Å². The van der Waals surface area contributed by atoms with Crippen molar-refractivity contribution in [1.82, 2.24) is 10.2 Å². The lowest BCUT2D eigenvalue weighted by Gasteiger charge is -2.21. The number of imide groups is 2. The molecule has 3 atom stereocenters. The maximum Gasteiger partial charge on any atom is 0.329 e. The van der Waals surface area contributed by atoms with E-state index >= 15 is 0 Å². The van der Waals surface area contributed by atoms with Crippen LogP contribution in [0, 0.1) is 11.8 Å². The van der Waals surface area contributed by atoms with Gasteiger partial charge in [-0.15, -0.1) is 0 Å². The molecule has 2 aliphatic rings. The van der Waals surface area contributed by atoms with Gasteiger partial charge in [-0.3, -0.25) is 24.6 Å². The zero-order valence-electron chi connectivity index (χ0n) is 16.1. The van der Waals surface area contributed by atoms with E-state index in [0.29, 0.717) is 18.5 Å². The van der Waals surface area contributed by atoms with Crippen LogP contribution in [0.1, 0.15) is 32.6 Å². The van der Waals surface area contributed by atoms with Crippen LogP contribution in [0.3, 0.4) is 0 Å². The standard InChI is InChI=1S/C20H23N3O6/c1-12(23-17(25)14-9-5-6-10-15(14)18(23)26)19(27)29-11-16(24)22-20(28)21-13-7-3-2-4-8-13/h2-4,7-8,12,14-15H,5-6,9-11H2,1H3,(H2,21,22,24,28)/t12-,14-,15-/m0/s1. The predicted molar refractivity (Wildman–Crippen MR) is 101 cm³/mol. The highest BCUT2D eigenvalue weighted by molar-refractivity contribution is 6.08. The van der Waals surface area contributed by atoms with E-state index in [1.165, 1.54) is 6.92 Å². The summed E-state index contributed by atoms with van der Waals surface area (Å²) < 4.78 is 4.90. The number of para-hydroxylation sites is 1. The topological polar surface area (TPSA) is 122 Å². The number of likely N-dealkylation sites (tertiary alicyclic amines) is 1. The van der Waals surface area contributed by atoms with Gasteiger partial charge in [0.15, 0.2) is 6.61 Å². The Morgan fingerprint density at radius 2 is 1.66 bits per heavy atom. The van der Waals surface area contributed by atoms with Gasteiger partial charge < -0.3 is 10.1 Å². The second kappa shape index (κ2) is 8.85. The Labute approximate surface area is 167 Å². The summed E-state index contributed by atoms with van der Waals surface area (Å²) in [7, 11) is 0. The summed E-state index contributed by atoms with van der Waals surface area (Å²) in [6.07, 6.45) is 3.06. The fraction of sp³-hybridized carbons (Fsp3) is 0.450. The van der Waals surface area contributed by atoms with E-state index in [1.807, 2.05) is 5.32 Å². The first-order chi connectivity index (χ1) is 13.9. The number of carbonyl (C=O) groups excluding carboxylic acids is 5. The first-order valence-corrected chi connectivity index (χ1v) is 9.58. The number of ether oxygens (including phenoxy) is 1. The first-order valence-electron chi connectivity index (χ1n) is 9.58. The molecule has 3 rings (SSSR count). The van der Waals surface area contributed by atoms with Crippen LogP contribution in [0.25, 0.3) is 0 Å². The van der Waals surface area contributed by atoms with Crippen LogP contribution in [0.5, 0.6) is 0 Å². The van der Waals surface area contributed by atoms with E-state index in [0.717, 1.165) is 17.7 Å². The Kier molecular flexibility index (Phi) is 6.26. The average Bonchev–Trinajstić information content (AvgIpc) is 2.97. The molecule has 1 aromatic carbocycles. The zero-order valence-corrected chi connectivity index (χ0v) is 16.1. The number of rotatable bonds is 5. The van der Waals surface area contributed by atoms with Gasteiger partial charge in [0.25, 0.3) is 5.91 Å². The summed E-state index contributed by atoms with van der Waals surface area (Å²) in [4.78, 5) is 61.8. The molecule has 154 valence electrons. The number of amides is 5. The Bertz CT molecular complexity index is 801. The maximum atomic E-state index is 12.5. The summed E-state index contributed by atoms with van der Waals surface area (Å²) in [6, 6.07) is 6.63. The number of fused-ring (bicyclic) bond motifs is 1. The number of hydrogen-bond acceptors (Lipinski definition) is 6. The highest BCUT2D eigenvalue weighted by Crippen LogP contribution is 2.38. The number of nitrogens with one attached hydrogen (secondary N) is 2. The summed E-state index contributed by atoms with van der Waals surface area (Å²) in [5.74, 6) is -3.13. The number of anilines is 1. The lowest BCUT2D eigenvalue weighted by atomic mass is 9.81. The number of esters is 1. The summed E-state index contributed by atoms with van der Waals surface area (Å²) in [5, 5.41) is 4.50. The summed E-state index contributed by atoms with van der Waals surface area (Å²) >= 11 is 0. The van der Waals surface area contributed by atoms with Crippen molar-refractivity contribution in [3.05, 3.63) is 30.3 Å². The third kappa shape index (κ3) is 4.61. The molecule has 1 heterocycles. The second-order valence-electron chi connectivity index (χ2n) is 7.20. The Hall–Kier alpha value is -3.23. The van der Waals surface area contributed by atoms with Gasteiger partial charge in [0, 0.05) is 5.69 Å². The maximum absolute atomic E-state index is 12.5. The van der Waals surface area contributed by atoms with E-state index in [-0.39, 0.29) is 23.7 Å². The quantitative estimate of drug-likeness (QED) is 0.569. The molecule has 29 heavy (non-hydrogen) atoms. The van der Waals surface area contributed by atoms with Crippen molar-refractivity contribution >= 4 is 35.4 Å². The molecule has 1 aliphatic carbocycles. The number of benzene rings is 1. The molecule has 1 saturated carbocycles. The van der Waals surface area contributed by atoms with Crippen LogP contribution in [-0.2, 0) is 23.9 Å². The van der Waals surface area contributed by atoms with Crippen molar-refractivity contribution in [3.63, 3.8) is 0 Å². The highest BCUT2D eigenvalue weighted by Gasteiger charge is 2.51. The van der Waals surface area contributed by atoms with Crippen LogP contribution < -0.4 is 10.6 Å². The minimum atomic E-state index is -1.12. The molecule has 1 saturated heterocycles. The molecular formula is C20H23N3O6. The molecular weight excluding hydrogens is 378 g/mol. The Morgan fingerprint density at radius 3 is 2.24 bits per heavy atom. The Morgan fingerprint density at radius 1 is 1.07 bits per heavy atom. The molecule has 0 spiro atoms. The van der Waals surface area contributed by atoms with E-state index in [1.54, 1.807) is 30.3 Å². The van der Waals surface area contributed by atoms with Gasteiger partial charge in [-0.1, -0.05) is 31.0 Å². The van der Waals surface area contributed by atoms with E-state index in [9.17, 15) is 24.0 Å². The molecule has 5 amide bonds. The van der Waals surface area contributed by atoms with Gasteiger partial charge in [0.05, 0.1) is 11.8 Å². The summed E-state index contributed by atoms with van der Waals surface area (Å²) in [5.41, 5.74) is 0.496. The lowest BCUT2D eigenvalue weighted by molar-refractivity contribution is -0.159. The molecule has 2 fully saturated rings. The highest BCUT2D eigenvalue weighted by atomic mass is 16.5. The fourth-order valence-electron chi connectivity index (χ4n) is 3.78. The average molecular weight is 401 g/mol. The molecule has 1 aromatic rings. The molecule has 9 nitrogen and oxygen atoms in total. The van der Waals surface area contributed by atoms with Crippen LogP contribution in [-0.4, -0.2) is 47.3 Å². The number of nitrogens with zero attached hydrogens (tertiary/aromatic N) is 1. The number of hydrogen-bond donors (Lipinski definition) is 2. The molecule has 9 heteroatoms. The van der Waals surface area contributed by atoms with Crippen molar-refractivity contribution in [2.75, 3.05) is 11.9 Å². The van der Waals surface area contributed by atoms with Gasteiger partial charge in [0.2, 0.25) is 11.8 Å². The van der Waals surface area contributed by atoms with E-state index in [4.69, 9.17) is 4.74 Å². The zero-order chi connectivity index (χ0) is 21.0. The molecule has 0 bridgehead atoms. The van der Waals surface area contributed by atoms with Crippen molar-refractivity contribution < 1.29 is 28.7 Å². The minimum absolute atomic E-state index is 0.351. The Balaban J connectivity index is 1.48. The van der Waals surface area contributed by atoms with Gasteiger partial charge >= 0.3 is 12.0 Å². The van der Waals surface area contributed by atoms with Crippen molar-refractivity contribution in [2.24, 2.45) is 11.8 Å². The second-order valence-corrected chi connectivity index (χ2v) is 7.20. The SMILES string of the molecule is C[C@@H](C(=O)OCC(=O)NC(=O)Nc1ccccc1)N1C(=O)[C@H]2CCCC[C@@H]2C1=O. The third-order valence-corrected chi connectivity index (χ3v) is 5.23. The number of urea groups is 1. The largest absolute Gasteiger partial charge is 0.454 e. The van der Waals surface area contributed by atoms with Gasteiger partial charge in [-0.25, -0.2) is 9.59 Å². The molecule has 1 aliphatic heterocycles. The minimum Gasteiger partial charge on any atom is -0.454 e. The molecule has 0 aromatic heterocycles. The number of carbonyl (C=O) groups is 5. The van der Waals surface area contributed by atoms with Crippen LogP contribution in [0.4, 0.5) is 10.5 Å². The van der Waals surface area contributed by atoms with Crippen molar-refractivity contribution in [2.45, 2.75) is 38.6 Å². The van der Waals surface area contributed by atoms with Crippen molar-refractivity contribution in [1.29, 1.82) is 0 Å². The molecule has 0 unspecified atom stereocenters. The van der Waals surface area contributed by atoms with Gasteiger partial charge in [-0.05, 0) is 31.9 Å². The van der Waals surface area contributed by atoms with Crippen LogP contribution in [0.15, 0.2) is 30.3 Å². The van der Waals surface area contributed by atoms with Crippen molar-refractivity contribution in [3.8, 4) is 0 Å². The van der Waals surface area contributed by atoms with E-state index < -0.39 is 30.6 Å². The third-order valence-electron chi connectivity index (χ3n) is 5.23. The lowest BCUT2D eigenvalue weighted by Crippen LogP contribution is -2.45. The molecule has 2 N–H and O–H groups in total. The van der Waals surface area contributed by atoms with Gasteiger partial charge in [-0.2, -0.15) is 0 Å². The van der Waals surface area contributed by atoms with Gasteiger partial charge in [0.1, 0.15) is 6.04 Å². The summed E-state index contributed by atoms with van der Waals surface area (Å²) in [6.45, 7) is 0.698. The molecule has 0 radical (unpaired) electrons. The van der Waals surface area contributed by atoms with E-state index in [2.05, 4.69) is 5.32 Å². The first kappa shape index (κ1) is 20.5. The predicted octanol–water partition coefficient (Wildman–Crippen LogP) is 1.44. The monoisotopic (exact) mass is 401 g/mol. The smallest absolute Gasteiger partial charge is 0.329 e. The fourth-order valence-corrected chi connectivity index (χ4v) is 3.78.